The summed E-state index contributed by atoms with van der Waals surface area (Å²) < 4.78 is 7.12. The van der Waals surface area contributed by atoms with Crippen LogP contribution in [-0.4, -0.2) is 70.9 Å². The third kappa shape index (κ3) is 4.11. The average molecular weight is 397 g/mol. The predicted octanol–water partition coefficient (Wildman–Crippen LogP) is -0.447. The first-order chi connectivity index (χ1) is 13.4. The number of hydrogen-bond acceptors (Lipinski definition) is 11. The second-order valence-electron chi connectivity index (χ2n) is 6.62. The van der Waals surface area contributed by atoms with Gasteiger partial charge in [0.15, 0.2) is 23.2 Å². The number of ether oxygens (including phenoxy) is 1. The Morgan fingerprint density at radius 3 is 2.50 bits per heavy atom. The Hall–Kier alpha value is -2.61. The fourth-order valence-electron chi connectivity index (χ4n) is 3.52. The van der Waals surface area contributed by atoms with E-state index >= 15 is 0 Å². The summed E-state index contributed by atoms with van der Waals surface area (Å²) in [6.07, 6.45) is 3.60. The summed E-state index contributed by atoms with van der Waals surface area (Å²) >= 11 is 0. The van der Waals surface area contributed by atoms with Gasteiger partial charge in [-0.1, -0.05) is 12.8 Å². The lowest BCUT2D eigenvalue weighted by Crippen LogP contribution is -2.33. The van der Waals surface area contributed by atoms with E-state index in [1.165, 1.54) is 25.5 Å². The van der Waals surface area contributed by atoms with Crippen molar-refractivity contribution in [3.05, 3.63) is 28.0 Å². The number of fused-ring (bicyclic) bond motifs is 1. The van der Waals surface area contributed by atoms with E-state index in [4.69, 9.17) is 20.1 Å². The maximum absolute atomic E-state index is 10.2. The molecule has 13 heteroatoms. The highest BCUT2D eigenvalue weighted by Gasteiger charge is 2.44. The highest BCUT2D eigenvalue weighted by Crippen LogP contribution is 2.32. The zero-order valence-corrected chi connectivity index (χ0v) is 14.8. The second kappa shape index (κ2) is 8.60. The molecule has 0 aromatic carbocycles. The van der Waals surface area contributed by atoms with E-state index in [1.807, 2.05) is 0 Å². The summed E-state index contributed by atoms with van der Waals surface area (Å²) in [7, 11) is 0. The fraction of sp³-hybridized carbons (Fsp3) is 0.667. The van der Waals surface area contributed by atoms with Crippen molar-refractivity contribution >= 4 is 17.0 Å². The van der Waals surface area contributed by atoms with Crippen molar-refractivity contribution in [3.8, 4) is 0 Å². The van der Waals surface area contributed by atoms with Crippen LogP contribution in [0.2, 0.25) is 0 Å². The molecule has 2 aromatic rings. The molecule has 4 atom stereocenters. The molecule has 1 saturated heterocycles. The molecule has 0 amide bonds. The molecule has 3 heterocycles. The van der Waals surface area contributed by atoms with Crippen LogP contribution >= 0.6 is 0 Å². The van der Waals surface area contributed by atoms with Gasteiger partial charge in [-0.15, -0.1) is 0 Å². The number of rotatable bonds is 4. The number of aliphatic hydroxyl groups is 3. The number of nitrogens with zero attached hydrogens (tertiary/aromatic N) is 5. The topological polar surface area (TPSA) is 192 Å². The Morgan fingerprint density at radius 1 is 1.21 bits per heavy atom. The third-order valence-electron chi connectivity index (χ3n) is 4.85. The van der Waals surface area contributed by atoms with E-state index in [1.54, 1.807) is 4.57 Å². The van der Waals surface area contributed by atoms with Crippen LogP contribution in [0.25, 0.3) is 11.2 Å². The van der Waals surface area contributed by atoms with Crippen LogP contribution in [0.1, 0.15) is 31.9 Å². The zero-order valence-electron chi connectivity index (χ0n) is 14.8. The Bertz CT molecular complexity index is 807. The molecule has 154 valence electrons. The van der Waals surface area contributed by atoms with Crippen molar-refractivity contribution < 1.29 is 25.1 Å². The molecule has 4 rings (SSSR count). The Balaban J connectivity index is 0.000000516. The van der Waals surface area contributed by atoms with E-state index in [0.717, 1.165) is 12.8 Å². The van der Waals surface area contributed by atoms with Crippen molar-refractivity contribution in [1.82, 2.24) is 19.5 Å². The number of hydrogen-bond donors (Lipinski definition) is 4. The first-order valence-corrected chi connectivity index (χ1v) is 8.80. The first kappa shape index (κ1) is 20.1. The van der Waals surface area contributed by atoms with Crippen LogP contribution in [0.4, 0.5) is 5.82 Å². The standard InChI is InChI=1S/C15H21N5O4.NO3/c21-5-9-11(22)12(23)15(24-9)20-7-18-10-13(16-6-17-14(10)20)19-8-3-1-2-4-8;2-1(3)4/h6-9,11-12,15,21-23H,1-5H2,(H,16,17,19);/q;-1/t9-,11-,12-,15-;/m1./s1. The lowest BCUT2D eigenvalue weighted by atomic mass is 10.1. The highest BCUT2D eigenvalue weighted by molar-refractivity contribution is 5.82. The molecule has 0 spiro atoms. The average Bonchev–Trinajstić information content (AvgIpc) is 3.36. The van der Waals surface area contributed by atoms with Gasteiger partial charge in [0.1, 0.15) is 24.6 Å². The van der Waals surface area contributed by atoms with Crippen molar-refractivity contribution in [2.45, 2.75) is 56.3 Å². The van der Waals surface area contributed by atoms with Gasteiger partial charge in [-0.2, -0.15) is 0 Å². The number of nitrogens with one attached hydrogen (secondary N) is 1. The number of aliphatic hydroxyl groups excluding tert-OH is 3. The fourth-order valence-corrected chi connectivity index (χ4v) is 3.52. The van der Waals surface area contributed by atoms with E-state index in [9.17, 15) is 15.3 Å². The Morgan fingerprint density at radius 2 is 1.89 bits per heavy atom. The van der Waals surface area contributed by atoms with Crippen LogP contribution in [-0.2, 0) is 4.74 Å². The SMILES string of the molecule is O=[N+]([O-])[O-].OC[C@H]1O[C@@H](n2cnc3c(NC4CCCC4)ncnc32)[C@H](O)[C@@H]1O. The molecule has 1 aliphatic carbocycles. The number of anilines is 1. The van der Waals surface area contributed by atoms with Crippen LogP contribution in [0, 0.1) is 15.3 Å². The molecule has 1 aliphatic heterocycles. The first-order valence-electron chi connectivity index (χ1n) is 8.80. The highest BCUT2D eigenvalue weighted by atomic mass is 16.9. The molecule has 4 N–H and O–H groups in total. The lowest BCUT2D eigenvalue weighted by molar-refractivity contribution is -0.402. The maximum Gasteiger partial charge on any atom is 0.167 e. The van der Waals surface area contributed by atoms with E-state index in [-0.39, 0.29) is 6.61 Å². The predicted molar refractivity (Wildman–Crippen MR) is 94.6 cm³/mol. The molecule has 2 aliphatic rings. The Kier molecular flexibility index (Phi) is 6.18. The maximum atomic E-state index is 10.2. The molecular formula is C15H21N6O7-. The largest absolute Gasteiger partial charge is 0.394 e. The lowest BCUT2D eigenvalue weighted by Gasteiger charge is -2.17. The monoisotopic (exact) mass is 397 g/mol. The molecule has 28 heavy (non-hydrogen) atoms. The van der Waals surface area contributed by atoms with Crippen molar-refractivity contribution in [1.29, 1.82) is 0 Å². The van der Waals surface area contributed by atoms with Gasteiger partial charge in [0.25, 0.3) is 0 Å². The van der Waals surface area contributed by atoms with Crippen molar-refractivity contribution in [2.75, 3.05) is 11.9 Å². The van der Waals surface area contributed by atoms with Crippen LogP contribution in [0.15, 0.2) is 12.7 Å². The molecule has 2 aromatic heterocycles. The van der Waals surface area contributed by atoms with Gasteiger partial charge < -0.3 is 40.7 Å². The second-order valence-corrected chi connectivity index (χ2v) is 6.62. The molecule has 0 radical (unpaired) electrons. The van der Waals surface area contributed by atoms with Gasteiger partial charge >= 0.3 is 0 Å². The molecular weight excluding hydrogens is 376 g/mol. The van der Waals surface area contributed by atoms with Crippen LogP contribution in [0.5, 0.6) is 0 Å². The minimum Gasteiger partial charge on any atom is -0.394 e. The van der Waals surface area contributed by atoms with E-state index < -0.39 is 29.6 Å². The minimum atomic E-state index is -1.75. The smallest absolute Gasteiger partial charge is 0.167 e. The van der Waals surface area contributed by atoms with Gasteiger partial charge in [-0.05, 0) is 12.8 Å². The van der Waals surface area contributed by atoms with Gasteiger partial charge in [-0.3, -0.25) is 4.57 Å². The van der Waals surface area contributed by atoms with Gasteiger partial charge in [0.05, 0.1) is 18.0 Å². The van der Waals surface area contributed by atoms with E-state index in [0.29, 0.717) is 23.0 Å². The summed E-state index contributed by atoms with van der Waals surface area (Å²) in [5, 5.41) is 47.5. The summed E-state index contributed by atoms with van der Waals surface area (Å²) in [5.74, 6) is 0.664. The minimum absolute atomic E-state index is 0.370. The van der Waals surface area contributed by atoms with Gasteiger partial charge in [-0.25, -0.2) is 15.0 Å². The van der Waals surface area contributed by atoms with Gasteiger partial charge in [0, 0.05) is 6.04 Å². The van der Waals surface area contributed by atoms with E-state index in [2.05, 4.69) is 20.3 Å². The van der Waals surface area contributed by atoms with Crippen molar-refractivity contribution in [3.63, 3.8) is 0 Å². The van der Waals surface area contributed by atoms with Gasteiger partial charge in [0.2, 0.25) is 0 Å². The Labute approximate surface area is 158 Å². The summed E-state index contributed by atoms with van der Waals surface area (Å²) in [5.41, 5.74) is 1.11. The molecule has 0 unspecified atom stereocenters. The summed E-state index contributed by atoms with van der Waals surface area (Å²) in [6.45, 7) is -0.370. The van der Waals surface area contributed by atoms with Crippen LogP contribution < -0.4 is 5.32 Å². The molecule has 1 saturated carbocycles. The van der Waals surface area contributed by atoms with Crippen LogP contribution in [0.3, 0.4) is 0 Å². The molecule has 2 fully saturated rings. The molecule has 13 nitrogen and oxygen atoms in total. The normalized spacial score (nSPS) is 27.5. The van der Waals surface area contributed by atoms with Crippen molar-refractivity contribution in [2.24, 2.45) is 0 Å². The summed E-state index contributed by atoms with van der Waals surface area (Å²) in [6, 6.07) is 0.391. The number of aromatic nitrogens is 4. The summed E-state index contributed by atoms with van der Waals surface area (Å²) in [4.78, 5) is 21.1. The molecule has 0 bridgehead atoms. The number of imidazole rings is 1. The zero-order chi connectivity index (χ0) is 20.3. The quantitative estimate of drug-likeness (QED) is 0.386. The third-order valence-corrected chi connectivity index (χ3v) is 4.85.